The summed E-state index contributed by atoms with van der Waals surface area (Å²) in [5.74, 6) is -0.322. The van der Waals surface area contributed by atoms with Crippen molar-refractivity contribution in [2.45, 2.75) is 52.5 Å². The molecule has 6 nitrogen and oxygen atoms in total. The maximum absolute atomic E-state index is 12.8. The summed E-state index contributed by atoms with van der Waals surface area (Å²) in [6.45, 7) is 10.6. The predicted molar refractivity (Wildman–Crippen MR) is 114 cm³/mol. The molecule has 2 fully saturated rings. The van der Waals surface area contributed by atoms with Gasteiger partial charge in [0.25, 0.3) is 0 Å². The van der Waals surface area contributed by atoms with E-state index in [9.17, 15) is 14.4 Å². The Balaban J connectivity index is 1.60. The van der Waals surface area contributed by atoms with Crippen molar-refractivity contribution in [3.63, 3.8) is 0 Å². The molecule has 1 atom stereocenters. The number of hydrogen-bond acceptors (Lipinski definition) is 4. The molecule has 7 heteroatoms. The Morgan fingerprint density at radius 2 is 1.83 bits per heavy atom. The van der Waals surface area contributed by atoms with Crippen molar-refractivity contribution < 1.29 is 14.4 Å². The molecule has 0 radical (unpaired) electrons. The van der Waals surface area contributed by atoms with E-state index in [0.29, 0.717) is 24.5 Å². The minimum Gasteiger partial charge on any atom is -0.368 e. The zero-order valence-electron chi connectivity index (χ0n) is 17.7. The van der Waals surface area contributed by atoms with E-state index >= 15 is 0 Å². The highest BCUT2D eigenvalue weighted by molar-refractivity contribution is 6.30. The second-order valence-electron chi connectivity index (χ2n) is 9.10. The van der Waals surface area contributed by atoms with E-state index in [1.54, 1.807) is 0 Å². The molecule has 0 aromatic heterocycles. The van der Waals surface area contributed by atoms with Crippen LogP contribution < -0.4 is 10.2 Å². The molecule has 1 aromatic rings. The van der Waals surface area contributed by atoms with E-state index in [1.807, 2.05) is 43.9 Å². The normalized spacial score (nSPS) is 22.8. The zero-order chi connectivity index (χ0) is 21.4. The van der Waals surface area contributed by atoms with Crippen molar-refractivity contribution in [1.82, 2.24) is 10.2 Å². The van der Waals surface area contributed by atoms with Crippen molar-refractivity contribution in [3.05, 3.63) is 28.8 Å². The average Bonchev–Trinajstić information content (AvgIpc) is 2.96. The number of hydrogen-bond donors (Lipinski definition) is 1. The molecular formula is C22H30ClN3O3. The van der Waals surface area contributed by atoms with Gasteiger partial charge in [-0.25, -0.2) is 0 Å². The molecule has 158 valence electrons. The van der Waals surface area contributed by atoms with Crippen LogP contribution >= 0.6 is 11.6 Å². The van der Waals surface area contributed by atoms with Crippen LogP contribution in [0, 0.1) is 12.3 Å². The molecule has 2 heterocycles. The lowest BCUT2D eigenvalue weighted by atomic mass is 9.69. The summed E-state index contributed by atoms with van der Waals surface area (Å²) in [6.07, 6.45) is 0.496. The van der Waals surface area contributed by atoms with Crippen molar-refractivity contribution in [3.8, 4) is 0 Å². The lowest BCUT2D eigenvalue weighted by Crippen LogP contribution is -2.57. The Hall–Kier alpha value is -2.08. The average molecular weight is 420 g/mol. The molecule has 2 saturated heterocycles. The van der Waals surface area contributed by atoms with Gasteiger partial charge in [0, 0.05) is 43.3 Å². The smallest absolute Gasteiger partial charge is 0.228 e. The van der Waals surface area contributed by atoms with Crippen LogP contribution in [0.25, 0.3) is 0 Å². The number of carbonyl (C=O) groups excluding carboxylic acids is 3. The third kappa shape index (κ3) is 4.27. The summed E-state index contributed by atoms with van der Waals surface area (Å²) in [5, 5.41) is 3.58. The highest BCUT2D eigenvalue weighted by atomic mass is 35.5. The molecule has 0 aliphatic carbocycles. The van der Waals surface area contributed by atoms with Crippen LogP contribution in [-0.4, -0.2) is 54.2 Å². The van der Waals surface area contributed by atoms with Gasteiger partial charge in [-0.2, -0.15) is 0 Å². The quantitative estimate of drug-likeness (QED) is 0.762. The fourth-order valence-electron chi connectivity index (χ4n) is 4.40. The van der Waals surface area contributed by atoms with Crippen LogP contribution in [-0.2, 0) is 14.4 Å². The number of rotatable bonds is 4. The first-order valence-corrected chi connectivity index (χ1v) is 10.5. The monoisotopic (exact) mass is 419 g/mol. The minimum atomic E-state index is -0.959. The first-order valence-electron chi connectivity index (χ1n) is 10.2. The van der Waals surface area contributed by atoms with Gasteiger partial charge < -0.3 is 15.1 Å². The standard InChI is InChI=1S/C22H30ClN3O3/c1-15-5-6-16(23)13-17(15)25-9-11-26(12-10-25)20(29)7-8-22(21(2,3)4)18(27)14-19(28)24-22/h5-6,13H,7-12,14H2,1-4H3,(H,24,28). The second kappa shape index (κ2) is 7.98. The number of piperazine rings is 1. The fraction of sp³-hybridized carbons (Fsp3) is 0.591. The highest BCUT2D eigenvalue weighted by Crippen LogP contribution is 2.39. The van der Waals surface area contributed by atoms with Crippen LogP contribution in [0.3, 0.4) is 0 Å². The van der Waals surface area contributed by atoms with Crippen molar-refractivity contribution in [1.29, 1.82) is 0 Å². The Kier molecular flexibility index (Phi) is 5.95. The molecule has 2 aliphatic heterocycles. The molecule has 1 unspecified atom stereocenters. The number of benzene rings is 1. The van der Waals surface area contributed by atoms with Crippen LogP contribution in [0.1, 0.15) is 45.6 Å². The van der Waals surface area contributed by atoms with Gasteiger partial charge in [-0.15, -0.1) is 0 Å². The Morgan fingerprint density at radius 1 is 1.17 bits per heavy atom. The molecule has 0 saturated carbocycles. The number of halogens is 1. The van der Waals surface area contributed by atoms with E-state index in [2.05, 4.69) is 17.1 Å². The fourth-order valence-corrected chi connectivity index (χ4v) is 4.57. The third-order valence-electron chi connectivity index (χ3n) is 6.29. The van der Waals surface area contributed by atoms with E-state index in [0.717, 1.165) is 24.3 Å². The van der Waals surface area contributed by atoms with Gasteiger partial charge in [-0.05, 0) is 36.5 Å². The number of aryl methyl sites for hydroxylation is 1. The Labute approximate surface area is 177 Å². The number of ketones is 1. The Bertz CT molecular complexity index is 825. The number of amides is 2. The van der Waals surface area contributed by atoms with Crippen LogP contribution in [0.15, 0.2) is 18.2 Å². The summed E-state index contributed by atoms with van der Waals surface area (Å²) >= 11 is 6.14. The molecule has 29 heavy (non-hydrogen) atoms. The molecule has 0 spiro atoms. The first kappa shape index (κ1) is 21.6. The van der Waals surface area contributed by atoms with Crippen LogP contribution in [0.5, 0.6) is 0 Å². The Morgan fingerprint density at radius 3 is 2.38 bits per heavy atom. The van der Waals surface area contributed by atoms with E-state index < -0.39 is 11.0 Å². The topological polar surface area (TPSA) is 69.7 Å². The maximum Gasteiger partial charge on any atom is 0.228 e. The van der Waals surface area contributed by atoms with Gasteiger partial charge in [0.05, 0.1) is 6.42 Å². The lowest BCUT2D eigenvalue weighted by Gasteiger charge is -2.41. The van der Waals surface area contributed by atoms with E-state index in [-0.39, 0.29) is 30.4 Å². The molecule has 2 amide bonds. The van der Waals surface area contributed by atoms with Gasteiger partial charge in [-0.3, -0.25) is 14.4 Å². The van der Waals surface area contributed by atoms with Gasteiger partial charge in [0.1, 0.15) is 5.54 Å². The zero-order valence-corrected chi connectivity index (χ0v) is 18.4. The van der Waals surface area contributed by atoms with Gasteiger partial charge >= 0.3 is 0 Å². The SMILES string of the molecule is Cc1ccc(Cl)cc1N1CCN(C(=O)CCC2(C(C)(C)C)NC(=O)CC2=O)CC1. The molecule has 3 rings (SSSR count). The summed E-state index contributed by atoms with van der Waals surface area (Å²) in [5.41, 5.74) is 0.867. The van der Waals surface area contributed by atoms with E-state index in [4.69, 9.17) is 11.6 Å². The third-order valence-corrected chi connectivity index (χ3v) is 6.52. The van der Waals surface area contributed by atoms with Gasteiger partial charge in [0.2, 0.25) is 11.8 Å². The molecule has 0 bridgehead atoms. The first-order chi connectivity index (χ1) is 13.5. The van der Waals surface area contributed by atoms with Crippen LogP contribution in [0.4, 0.5) is 5.69 Å². The lowest BCUT2D eigenvalue weighted by molar-refractivity contribution is -0.133. The van der Waals surface area contributed by atoms with Crippen LogP contribution in [0.2, 0.25) is 5.02 Å². The number of nitrogens with one attached hydrogen (secondary N) is 1. The number of carbonyl (C=O) groups is 3. The predicted octanol–water partition coefficient (Wildman–Crippen LogP) is 2.95. The summed E-state index contributed by atoms with van der Waals surface area (Å²) in [4.78, 5) is 41.4. The molecule has 2 aliphatic rings. The summed E-state index contributed by atoms with van der Waals surface area (Å²) in [7, 11) is 0. The molecule has 1 aromatic carbocycles. The van der Waals surface area contributed by atoms with Gasteiger partial charge in [0.15, 0.2) is 5.78 Å². The summed E-state index contributed by atoms with van der Waals surface area (Å²) < 4.78 is 0. The largest absolute Gasteiger partial charge is 0.368 e. The van der Waals surface area contributed by atoms with Gasteiger partial charge in [-0.1, -0.05) is 38.4 Å². The van der Waals surface area contributed by atoms with Crippen molar-refractivity contribution in [2.24, 2.45) is 5.41 Å². The second-order valence-corrected chi connectivity index (χ2v) is 9.54. The van der Waals surface area contributed by atoms with Crippen molar-refractivity contribution in [2.75, 3.05) is 31.1 Å². The number of nitrogens with zero attached hydrogens (tertiary/aromatic N) is 2. The number of Topliss-reactive ketones (excluding diaryl/α,β-unsaturated/α-hetero) is 1. The maximum atomic E-state index is 12.8. The highest BCUT2D eigenvalue weighted by Gasteiger charge is 2.53. The molecular weight excluding hydrogens is 390 g/mol. The van der Waals surface area contributed by atoms with E-state index in [1.165, 1.54) is 0 Å². The summed E-state index contributed by atoms with van der Waals surface area (Å²) in [6, 6.07) is 5.86. The minimum absolute atomic E-state index is 0.0324. The molecule has 1 N–H and O–H groups in total. The van der Waals surface area contributed by atoms with Crippen molar-refractivity contribution >= 4 is 34.9 Å². The number of anilines is 1.